The van der Waals surface area contributed by atoms with E-state index in [4.69, 9.17) is 9.57 Å². The number of hydroxylamine groups is 1. The zero-order valence-corrected chi connectivity index (χ0v) is 8.13. The predicted octanol–water partition coefficient (Wildman–Crippen LogP) is 1.49. The van der Waals surface area contributed by atoms with Crippen LogP contribution in [0.4, 0.5) is 4.39 Å². The van der Waals surface area contributed by atoms with Crippen molar-refractivity contribution >= 4 is 0 Å². The molecule has 0 aliphatic rings. The Bertz CT molecular complexity index is 251. The van der Waals surface area contributed by atoms with Gasteiger partial charge in [-0.1, -0.05) is 12.1 Å². The van der Waals surface area contributed by atoms with Crippen molar-refractivity contribution in [2.24, 2.45) is 0 Å². The van der Waals surface area contributed by atoms with E-state index in [-0.39, 0.29) is 5.82 Å². The second-order valence-corrected chi connectivity index (χ2v) is 2.79. The minimum Gasteiger partial charge on any atom is -0.382 e. The van der Waals surface area contributed by atoms with Crippen LogP contribution in [0.2, 0.25) is 0 Å². The number of rotatable bonds is 6. The third-order valence-electron chi connectivity index (χ3n) is 1.68. The standard InChI is InChI=1S/C10H14FNO2/c1-13-6-7-14-12-8-9-2-4-10(11)5-3-9/h2-5,12H,6-8H2,1H3. The second kappa shape index (κ2) is 6.48. The maximum atomic E-state index is 12.5. The first kappa shape index (κ1) is 11.1. The molecule has 1 aromatic carbocycles. The van der Waals surface area contributed by atoms with Crippen molar-refractivity contribution < 1.29 is 14.0 Å². The van der Waals surface area contributed by atoms with Crippen LogP contribution in [0.25, 0.3) is 0 Å². The van der Waals surface area contributed by atoms with Gasteiger partial charge in [-0.25, -0.2) is 4.39 Å². The average Bonchev–Trinajstić information content (AvgIpc) is 2.21. The zero-order valence-electron chi connectivity index (χ0n) is 8.13. The first-order valence-corrected chi connectivity index (χ1v) is 4.41. The van der Waals surface area contributed by atoms with Crippen molar-refractivity contribution in [3.63, 3.8) is 0 Å². The maximum Gasteiger partial charge on any atom is 0.123 e. The molecule has 0 amide bonds. The molecule has 0 aliphatic heterocycles. The van der Waals surface area contributed by atoms with E-state index < -0.39 is 0 Å². The van der Waals surface area contributed by atoms with Crippen LogP contribution in [-0.4, -0.2) is 20.3 Å². The Morgan fingerprint density at radius 1 is 1.21 bits per heavy atom. The van der Waals surface area contributed by atoms with Crippen LogP contribution in [-0.2, 0) is 16.1 Å². The number of ether oxygens (including phenoxy) is 1. The highest BCUT2D eigenvalue weighted by molar-refractivity contribution is 5.15. The highest BCUT2D eigenvalue weighted by Crippen LogP contribution is 2.01. The fourth-order valence-corrected chi connectivity index (χ4v) is 0.934. The molecule has 1 rings (SSSR count). The maximum absolute atomic E-state index is 12.5. The van der Waals surface area contributed by atoms with Crippen molar-refractivity contribution in [2.75, 3.05) is 20.3 Å². The molecule has 0 spiro atoms. The Kier molecular flexibility index (Phi) is 5.14. The number of methoxy groups -OCH3 is 1. The Labute approximate surface area is 82.8 Å². The Hall–Kier alpha value is -0.970. The van der Waals surface area contributed by atoms with Gasteiger partial charge in [0.1, 0.15) is 5.82 Å². The summed E-state index contributed by atoms with van der Waals surface area (Å²) in [5, 5.41) is 0. The molecule has 0 saturated heterocycles. The van der Waals surface area contributed by atoms with E-state index in [2.05, 4.69) is 5.48 Å². The first-order chi connectivity index (χ1) is 6.83. The van der Waals surface area contributed by atoms with E-state index in [9.17, 15) is 4.39 Å². The van der Waals surface area contributed by atoms with Gasteiger partial charge in [-0.2, -0.15) is 5.48 Å². The number of benzene rings is 1. The number of hydrogen-bond acceptors (Lipinski definition) is 3. The van der Waals surface area contributed by atoms with Gasteiger partial charge in [0.15, 0.2) is 0 Å². The fraction of sp³-hybridized carbons (Fsp3) is 0.400. The van der Waals surface area contributed by atoms with Gasteiger partial charge in [0.05, 0.1) is 13.2 Å². The number of halogens is 1. The van der Waals surface area contributed by atoms with Gasteiger partial charge in [0.25, 0.3) is 0 Å². The van der Waals surface area contributed by atoms with Gasteiger partial charge < -0.3 is 4.74 Å². The summed E-state index contributed by atoms with van der Waals surface area (Å²) in [5.41, 5.74) is 3.73. The average molecular weight is 199 g/mol. The van der Waals surface area contributed by atoms with Gasteiger partial charge in [-0.3, -0.25) is 4.84 Å². The minimum absolute atomic E-state index is 0.228. The highest BCUT2D eigenvalue weighted by atomic mass is 19.1. The lowest BCUT2D eigenvalue weighted by Crippen LogP contribution is -2.17. The van der Waals surface area contributed by atoms with Gasteiger partial charge >= 0.3 is 0 Å². The third-order valence-corrected chi connectivity index (χ3v) is 1.68. The van der Waals surface area contributed by atoms with Gasteiger partial charge in [0.2, 0.25) is 0 Å². The normalized spacial score (nSPS) is 10.4. The van der Waals surface area contributed by atoms with E-state index in [1.165, 1.54) is 12.1 Å². The molecule has 0 aromatic heterocycles. The highest BCUT2D eigenvalue weighted by Gasteiger charge is 1.93. The summed E-state index contributed by atoms with van der Waals surface area (Å²) in [6.07, 6.45) is 0. The summed E-state index contributed by atoms with van der Waals surface area (Å²) in [6.45, 7) is 1.61. The molecule has 0 radical (unpaired) electrons. The quantitative estimate of drug-likeness (QED) is 0.556. The second-order valence-electron chi connectivity index (χ2n) is 2.79. The van der Waals surface area contributed by atoms with Crippen molar-refractivity contribution in [2.45, 2.75) is 6.54 Å². The smallest absolute Gasteiger partial charge is 0.123 e. The molecule has 14 heavy (non-hydrogen) atoms. The zero-order chi connectivity index (χ0) is 10.2. The van der Waals surface area contributed by atoms with Crippen LogP contribution in [0.5, 0.6) is 0 Å². The van der Waals surface area contributed by atoms with Crippen molar-refractivity contribution in [1.29, 1.82) is 0 Å². The third kappa shape index (κ3) is 4.32. The topological polar surface area (TPSA) is 30.5 Å². The fourth-order valence-electron chi connectivity index (χ4n) is 0.934. The predicted molar refractivity (Wildman–Crippen MR) is 51.1 cm³/mol. The largest absolute Gasteiger partial charge is 0.382 e. The Morgan fingerprint density at radius 3 is 2.57 bits per heavy atom. The van der Waals surface area contributed by atoms with Crippen molar-refractivity contribution in [3.8, 4) is 0 Å². The first-order valence-electron chi connectivity index (χ1n) is 4.41. The molecule has 0 fully saturated rings. The monoisotopic (exact) mass is 199 g/mol. The van der Waals surface area contributed by atoms with Crippen molar-refractivity contribution in [3.05, 3.63) is 35.6 Å². The lowest BCUT2D eigenvalue weighted by Gasteiger charge is -2.04. The lowest BCUT2D eigenvalue weighted by molar-refractivity contribution is 0.00346. The summed E-state index contributed by atoms with van der Waals surface area (Å²) in [7, 11) is 1.61. The molecular formula is C10H14FNO2. The van der Waals surface area contributed by atoms with Crippen LogP contribution in [0.1, 0.15) is 5.56 Å². The molecule has 3 nitrogen and oxygen atoms in total. The molecule has 0 bridgehead atoms. The lowest BCUT2D eigenvalue weighted by atomic mass is 10.2. The SMILES string of the molecule is COCCONCc1ccc(F)cc1. The van der Waals surface area contributed by atoms with E-state index in [1.807, 2.05) is 0 Å². The molecule has 0 unspecified atom stereocenters. The Balaban J connectivity index is 2.15. The molecule has 0 saturated carbocycles. The molecular weight excluding hydrogens is 185 g/mol. The van der Waals surface area contributed by atoms with Crippen LogP contribution >= 0.6 is 0 Å². The summed E-state index contributed by atoms with van der Waals surface area (Å²) in [6, 6.07) is 6.27. The molecule has 0 aliphatic carbocycles. The summed E-state index contributed by atoms with van der Waals surface area (Å²) >= 11 is 0. The van der Waals surface area contributed by atoms with E-state index >= 15 is 0 Å². The molecule has 0 heterocycles. The van der Waals surface area contributed by atoms with Gasteiger partial charge in [-0.15, -0.1) is 0 Å². The van der Waals surface area contributed by atoms with E-state index in [0.29, 0.717) is 19.8 Å². The molecule has 0 atom stereocenters. The van der Waals surface area contributed by atoms with Crippen LogP contribution in [0, 0.1) is 5.82 Å². The van der Waals surface area contributed by atoms with Crippen LogP contribution in [0.15, 0.2) is 24.3 Å². The number of hydrogen-bond donors (Lipinski definition) is 1. The number of nitrogens with one attached hydrogen (secondary N) is 1. The van der Waals surface area contributed by atoms with E-state index in [0.717, 1.165) is 5.56 Å². The summed E-state index contributed by atoms with van der Waals surface area (Å²) in [4.78, 5) is 5.04. The summed E-state index contributed by atoms with van der Waals surface area (Å²) < 4.78 is 17.3. The van der Waals surface area contributed by atoms with Crippen LogP contribution in [0.3, 0.4) is 0 Å². The van der Waals surface area contributed by atoms with Crippen molar-refractivity contribution in [1.82, 2.24) is 5.48 Å². The molecule has 4 heteroatoms. The molecule has 78 valence electrons. The van der Waals surface area contributed by atoms with E-state index in [1.54, 1.807) is 19.2 Å². The Morgan fingerprint density at radius 2 is 1.93 bits per heavy atom. The van der Waals surface area contributed by atoms with Crippen LogP contribution < -0.4 is 5.48 Å². The van der Waals surface area contributed by atoms with Gasteiger partial charge in [-0.05, 0) is 17.7 Å². The van der Waals surface area contributed by atoms with Gasteiger partial charge in [0, 0.05) is 13.7 Å². The summed E-state index contributed by atoms with van der Waals surface area (Å²) in [5.74, 6) is -0.228. The molecule has 1 aromatic rings. The minimum atomic E-state index is -0.228. The molecule has 1 N–H and O–H groups in total.